The zero-order chi connectivity index (χ0) is 18.6. The zero-order valence-electron chi connectivity index (χ0n) is 13.8. The smallest absolute Gasteiger partial charge is 0.336 e. The summed E-state index contributed by atoms with van der Waals surface area (Å²) in [6, 6.07) is 8.09. The SMILES string of the molecule is CC1=C(C#N)[C@@H](c2cccc(N([O-])O)c2)C(C(=O)OCCO)=C(C)N1. The number of dihydropyridines is 1. The van der Waals surface area contributed by atoms with Gasteiger partial charge in [0.25, 0.3) is 0 Å². The molecule has 1 aliphatic rings. The Balaban J connectivity index is 2.57. The van der Waals surface area contributed by atoms with Crippen LogP contribution in [0.2, 0.25) is 0 Å². The van der Waals surface area contributed by atoms with E-state index in [0.717, 1.165) is 0 Å². The molecule has 0 saturated heterocycles. The molecule has 1 aromatic carbocycles. The van der Waals surface area contributed by atoms with Gasteiger partial charge in [-0.2, -0.15) is 5.26 Å². The number of carbonyl (C=O) groups excluding carboxylic acids is 1. The Kier molecular flexibility index (Phi) is 5.77. The second kappa shape index (κ2) is 7.81. The average molecular weight is 344 g/mol. The van der Waals surface area contributed by atoms with E-state index in [2.05, 4.69) is 11.4 Å². The van der Waals surface area contributed by atoms with Crippen LogP contribution in [-0.2, 0) is 9.53 Å². The molecule has 0 spiro atoms. The van der Waals surface area contributed by atoms with Crippen LogP contribution < -0.4 is 10.5 Å². The van der Waals surface area contributed by atoms with E-state index in [9.17, 15) is 15.3 Å². The fraction of sp³-hybridized carbons (Fsp3) is 0.294. The minimum Gasteiger partial charge on any atom is -0.733 e. The van der Waals surface area contributed by atoms with Gasteiger partial charge in [0.1, 0.15) is 6.61 Å². The molecular weight excluding hydrogens is 326 g/mol. The summed E-state index contributed by atoms with van der Waals surface area (Å²) < 4.78 is 5.02. The Bertz CT molecular complexity index is 777. The topological polar surface area (TPSA) is 129 Å². The predicted molar refractivity (Wildman–Crippen MR) is 89.0 cm³/mol. The van der Waals surface area contributed by atoms with Crippen molar-refractivity contribution in [2.45, 2.75) is 19.8 Å². The second-order valence-electron chi connectivity index (χ2n) is 5.47. The summed E-state index contributed by atoms with van der Waals surface area (Å²) in [6.45, 7) is 2.90. The van der Waals surface area contributed by atoms with E-state index in [1.807, 2.05) is 0 Å². The summed E-state index contributed by atoms with van der Waals surface area (Å²) in [5, 5.41) is 41.4. The van der Waals surface area contributed by atoms with Gasteiger partial charge in [0.2, 0.25) is 0 Å². The van der Waals surface area contributed by atoms with Crippen LogP contribution in [0.1, 0.15) is 25.3 Å². The second-order valence-corrected chi connectivity index (χ2v) is 5.47. The summed E-state index contributed by atoms with van der Waals surface area (Å²) in [5.74, 6) is -1.42. The van der Waals surface area contributed by atoms with Gasteiger partial charge >= 0.3 is 5.97 Å². The molecule has 0 amide bonds. The molecule has 0 unspecified atom stereocenters. The van der Waals surface area contributed by atoms with Gasteiger partial charge in [0, 0.05) is 11.4 Å². The third-order valence-electron chi connectivity index (χ3n) is 3.85. The van der Waals surface area contributed by atoms with Gasteiger partial charge in [-0.1, -0.05) is 12.1 Å². The largest absolute Gasteiger partial charge is 0.733 e. The van der Waals surface area contributed by atoms with Crippen molar-refractivity contribution in [3.63, 3.8) is 0 Å². The van der Waals surface area contributed by atoms with Crippen LogP contribution in [0.3, 0.4) is 0 Å². The van der Waals surface area contributed by atoms with Crippen LogP contribution >= 0.6 is 0 Å². The van der Waals surface area contributed by atoms with Crippen LogP contribution in [0.4, 0.5) is 5.69 Å². The lowest BCUT2D eigenvalue weighted by molar-refractivity contribution is -0.140. The molecule has 0 bridgehead atoms. The number of ether oxygens (including phenoxy) is 1. The molecule has 8 heteroatoms. The Morgan fingerprint density at radius 2 is 2.16 bits per heavy atom. The van der Waals surface area contributed by atoms with Crippen molar-refractivity contribution >= 4 is 11.7 Å². The monoisotopic (exact) mass is 344 g/mol. The molecule has 8 nitrogen and oxygen atoms in total. The molecule has 1 heterocycles. The van der Waals surface area contributed by atoms with Gasteiger partial charge in [0.05, 0.1) is 35.4 Å². The number of benzene rings is 1. The molecule has 25 heavy (non-hydrogen) atoms. The highest BCUT2D eigenvalue weighted by molar-refractivity contribution is 5.93. The first-order valence-electron chi connectivity index (χ1n) is 7.53. The Hall–Kier alpha value is -2.86. The summed E-state index contributed by atoms with van der Waals surface area (Å²) >= 11 is 0. The summed E-state index contributed by atoms with van der Waals surface area (Å²) in [4.78, 5) is 12.5. The maximum absolute atomic E-state index is 12.5. The van der Waals surface area contributed by atoms with Crippen LogP contribution in [0.5, 0.6) is 0 Å². The minimum absolute atomic E-state index is 0.0216. The summed E-state index contributed by atoms with van der Waals surface area (Å²) in [5.41, 5.74) is 2.07. The van der Waals surface area contributed by atoms with E-state index in [4.69, 9.17) is 15.1 Å². The average Bonchev–Trinajstić information content (AvgIpc) is 2.59. The number of aliphatic hydroxyl groups is 1. The van der Waals surface area contributed by atoms with Gasteiger partial charge in [-0.05, 0) is 31.5 Å². The van der Waals surface area contributed by atoms with Crippen LogP contribution in [0.25, 0.3) is 0 Å². The van der Waals surface area contributed by atoms with E-state index >= 15 is 0 Å². The normalized spacial score (nSPS) is 17.0. The number of nitrogens with zero attached hydrogens (tertiary/aromatic N) is 2. The van der Waals surface area contributed by atoms with Crippen LogP contribution in [-0.4, -0.2) is 29.5 Å². The molecule has 1 aromatic rings. The summed E-state index contributed by atoms with van der Waals surface area (Å²) in [7, 11) is 0. The molecule has 0 aromatic heterocycles. The fourth-order valence-electron chi connectivity index (χ4n) is 2.79. The highest BCUT2D eigenvalue weighted by Gasteiger charge is 2.34. The molecule has 2 rings (SSSR count). The Morgan fingerprint density at radius 1 is 1.44 bits per heavy atom. The number of esters is 1. The van der Waals surface area contributed by atoms with E-state index in [1.165, 1.54) is 12.1 Å². The first kappa shape index (κ1) is 18.5. The molecule has 0 aliphatic carbocycles. The zero-order valence-corrected chi connectivity index (χ0v) is 13.8. The maximum atomic E-state index is 12.5. The highest BCUT2D eigenvalue weighted by Crippen LogP contribution is 2.39. The number of anilines is 1. The lowest BCUT2D eigenvalue weighted by atomic mass is 9.81. The third-order valence-corrected chi connectivity index (χ3v) is 3.85. The van der Waals surface area contributed by atoms with Gasteiger partial charge in [-0.3, -0.25) is 5.21 Å². The molecule has 1 aliphatic heterocycles. The van der Waals surface area contributed by atoms with Gasteiger partial charge in [0.15, 0.2) is 0 Å². The number of nitriles is 1. The number of allylic oxidation sites excluding steroid dienone is 3. The van der Waals surface area contributed by atoms with Gasteiger partial charge < -0.3 is 25.6 Å². The van der Waals surface area contributed by atoms with E-state index in [1.54, 1.807) is 26.0 Å². The van der Waals surface area contributed by atoms with Crippen molar-refractivity contribution in [3.8, 4) is 6.07 Å². The van der Waals surface area contributed by atoms with Crippen molar-refractivity contribution in [1.82, 2.24) is 5.32 Å². The number of carbonyl (C=O) groups is 1. The summed E-state index contributed by atoms with van der Waals surface area (Å²) in [6.07, 6.45) is 0. The van der Waals surface area contributed by atoms with Crippen molar-refractivity contribution in [3.05, 3.63) is 57.6 Å². The number of hydrogen-bond donors (Lipinski definition) is 3. The van der Waals surface area contributed by atoms with E-state index in [0.29, 0.717) is 22.5 Å². The number of rotatable bonds is 5. The first-order chi connectivity index (χ1) is 11.9. The minimum atomic E-state index is -0.752. The molecule has 132 valence electrons. The van der Waals surface area contributed by atoms with Gasteiger partial charge in [-0.25, -0.2) is 4.79 Å². The quantitative estimate of drug-likeness (QED) is 0.543. The third kappa shape index (κ3) is 3.80. The molecule has 0 saturated carbocycles. The molecular formula is C17H18N3O5-. The van der Waals surface area contributed by atoms with Crippen molar-refractivity contribution in [1.29, 1.82) is 5.26 Å². The number of aliphatic hydroxyl groups excluding tert-OH is 1. The molecule has 0 radical (unpaired) electrons. The van der Waals surface area contributed by atoms with Crippen molar-refractivity contribution in [2.75, 3.05) is 18.4 Å². The molecule has 0 fully saturated rings. The van der Waals surface area contributed by atoms with Crippen LogP contribution in [0.15, 0.2) is 46.8 Å². The van der Waals surface area contributed by atoms with Crippen LogP contribution in [0, 0.1) is 16.5 Å². The molecule has 1 atom stereocenters. The van der Waals surface area contributed by atoms with Crippen molar-refractivity contribution < 1.29 is 19.8 Å². The predicted octanol–water partition coefficient (Wildman–Crippen LogP) is 1.67. The Morgan fingerprint density at radius 3 is 2.76 bits per heavy atom. The maximum Gasteiger partial charge on any atom is 0.336 e. The van der Waals surface area contributed by atoms with E-state index in [-0.39, 0.29) is 29.7 Å². The number of hydrogen-bond acceptors (Lipinski definition) is 8. The first-order valence-corrected chi connectivity index (χ1v) is 7.53. The molecule has 3 N–H and O–H groups in total. The van der Waals surface area contributed by atoms with Gasteiger partial charge in [-0.15, -0.1) is 0 Å². The lowest BCUT2D eigenvalue weighted by Gasteiger charge is -2.29. The van der Waals surface area contributed by atoms with E-state index < -0.39 is 11.9 Å². The fourth-order valence-corrected chi connectivity index (χ4v) is 2.79. The standard InChI is InChI=1S/C17H18N3O5/c1-10-14(9-18)16(12-4-3-5-13(8-12)20(23)24)15(11(2)19-10)17(22)25-7-6-21/h3-5,8,16,19,21,23H,6-7H2,1-2H3/q-1/t16-/m1/s1. The lowest BCUT2D eigenvalue weighted by Crippen LogP contribution is -2.29. The Labute approximate surface area is 144 Å². The highest BCUT2D eigenvalue weighted by atomic mass is 16.8. The van der Waals surface area contributed by atoms with Crippen molar-refractivity contribution in [2.24, 2.45) is 0 Å². The number of nitrogens with one attached hydrogen (secondary N) is 1.